The Labute approximate surface area is 490 Å². The molecule has 1 N–H and O–H groups in total. The average molecular weight is 1130 g/mol. The molecule has 3 unspecified atom stereocenters. The van der Waals surface area contributed by atoms with Crippen LogP contribution in [0.15, 0.2) is 60.8 Å². The van der Waals surface area contributed by atoms with Crippen molar-refractivity contribution in [3.8, 4) is 0 Å². The van der Waals surface area contributed by atoms with Crippen molar-refractivity contribution in [3.63, 3.8) is 0 Å². The number of carbonyl (C=O) groups is 2. The predicted molar refractivity (Wildman–Crippen MR) is 339 cm³/mol. The predicted octanol–water partition coefficient (Wildman–Crippen LogP) is 20.4. The van der Waals surface area contributed by atoms with Crippen molar-refractivity contribution >= 4 is 19.7 Å². The zero-order chi connectivity index (χ0) is 57.9. The quantitative estimate of drug-likeness (QED) is 0.0212. The molecule has 79 heavy (non-hydrogen) atoms. The second kappa shape index (κ2) is 58.9. The van der Waals surface area contributed by atoms with E-state index in [2.05, 4.69) is 74.7 Å². The van der Waals surface area contributed by atoms with Gasteiger partial charge in [0.15, 0.2) is 0 Å². The lowest BCUT2D eigenvalue weighted by Gasteiger charge is -2.30. The molecule has 0 spiro atoms. The number of allylic oxidation sites excluding steroid dienone is 9. The Bertz CT molecular complexity index is 1540. The Balaban J connectivity index is 5.02. The first-order chi connectivity index (χ1) is 38.4. The number of phosphoric acid groups is 1. The summed E-state index contributed by atoms with van der Waals surface area (Å²) in [5.41, 5.74) is 0. The largest absolute Gasteiger partial charge is 0.756 e. The van der Waals surface area contributed by atoms with Crippen LogP contribution >= 0.6 is 7.82 Å². The highest BCUT2D eigenvalue weighted by atomic mass is 31.2. The minimum absolute atomic E-state index is 0.0220. The standard InChI is InChI=1S/C69H129N2O7P/c1-7-10-13-16-19-22-25-27-29-30-31-32-33-34-35-36-37-38-39-40-42-44-47-50-53-56-59-62-69(73)78-67(60-57-54-51-48-45-24-21-18-15-12-9-3)66(65-77-79(74,75)76-64-63-71(4,5)6)70-68(72)61-58-55-52-49-46-43-41-28-26-23-20-17-14-11-8-2/h19,22,27,29,31-32,34-35,57,60,66-67H,7-18,20-21,23-26,28,30,33,36-56,58-59,61-65H2,1-6H3,(H-,70,72,74,75)/b22-19-,29-27-,32-31-,35-34-,60-57-. The van der Waals surface area contributed by atoms with E-state index in [1.807, 2.05) is 33.3 Å². The Morgan fingerprint density at radius 2 is 0.772 bits per heavy atom. The minimum atomic E-state index is -4.70. The summed E-state index contributed by atoms with van der Waals surface area (Å²) in [4.78, 5) is 40.0. The van der Waals surface area contributed by atoms with Gasteiger partial charge in [0, 0.05) is 12.8 Å². The Morgan fingerprint density at radius 1 is 0.443 bits per heavy atom. The number of ether oxygens (including phenoxy) is 1. The summed E-state index contributed by atoms with van der Waals surface area (Å²) in [6.45, 7) is 6.84. The lowest BCUT2D eigenvalue weighted by molar-refractivity contribution is -0.870. The molecule has 0 aromatic heterocycles. The van der Waals surface area contributed by atoms with Crippen LogP contribution in [-0.2, 0) is 27.9 Å². The number of nitrogens with one attached hydrogen (secondary N) is 1. The molecule has 0 aliphatic rings. The molecular weight excluding hydrogens is 1000 g/mol. The average Bonchev–Trinajstić information content (AvgIpc) is 3.41. The highest BCUT2D eigenvalue weighted by Gasteiger charge is 2.27. The van der Waals surface area contributed by atoms with Crippen LogP contribution in [0.5, 0.6) is 0 Å². The number of phosphoric ester groups is 1. The molecular formula is C69H129N2O7P. The van der Waals surface area contributed by atoms with E-state index in [0.29, 0.717) is 17.4 Å². The number of hydrogen-bond acceptors (Lipinski definition) is 7. The van der Waals surface area contributed by atoms with Gasteiger partial charge < -0.3 is 28.5 Å². The molecule has 1 amide bonds. The molecule has 0 aliphatic carbocycles. The third-order valence-electron chi connectivity index (χ3n) is 15.0. The van der Waals surface area contributed by atoms with Gasteiger partial charge in [0.2, 0.25) is 5.91 Å². The van der Waals surface area contributed by atoms with Crippen LogP contribution in [0.3, 0.4) is 0 Å². The molecule has 0 radical (unpaired) electrons. The molecule has 462 valence electrons. The minimum Gasteiger partial charge on any atom is -0.756 e. The molecule has 0 fully saturated rings. The van der Waals surface area contributed by atoms with Crippen molar-refractivity contribution in [3.05, 3.63) is 60.8 Å². The van der Waals surface area contributed by atoms with Crippen LogP contribution in [0.2, 0.25) is 0 Å². The fraction of sp³-hybridized carbons (Fsp3) is 0.826. The molecule has 0 rings (SSSR count). The van der Waals surface area contributed by atoms with Crippen molar-refractivity contribution in [2.45, 2.75) is 328 Å². The third kappa shape index (κ3) is 60.1. The third-order valence-corrected chi connectivity index (χ3v) is 15.9. The molecule has 0 aromatic rings. The molecule has 10 heteroatoms. The molecule has 0 aliphatic heterocycles. The Morgan fingerprint density at radius 3 is 1.18 bits per heavy atom. The van der Waals surface area contributed by atoms with E-state index < -0.39 is 20.0 Å². The molecule has 0 saturated carbocycles. The van der Waals surface area contributed by atoms with Gasteiger partial charge in [0.25, 0.3) is 7.82 Å². The maximum atomic E-state index is 13.5. The van der Waals surface area contributed by atoms with Crippen LogP contribution in [-0.4, -0.2) is 69.4 Å². The maximum Gasteiger partial charge on any atom is 0.306 e. The first-order valence-corrected chi connectivity index (χ1v) is 35.1. The number of esters is 1. The molecule has 0 bridgehead atoms. The van der Waals surface area contributed by atoms with Crippen molar-refractivity contribution in [1.82, 2.24) is 5.32 Å². The number of carbonyl (C=O) groups excluding carboxylic acids is 2. The van der Waals surface area contributed by atoms with E-state index in [1.54, 1.807) is 0 Å². The van der Waals surface area contributed by atoms with Gasteiger partial charge in [-0.25, -0.2) is 0 Å². The second-order valence-corrected chi connectivity index (χ2v) is 25.4. The number of nitrogens with zero attached hydrogens (tertiary/aromatic N) is 1. The van der Waals surface area contributed by atoms with Crippen molar-refractivity contribution in [2.75, 3.05) is 40.9 Å². The van der Waals surface area contributed by atoms with E-state index in [9.17, 15) is 19.0 Å². The Hall–Kier alpha value is -2.29. The maximum absolute atomic E-state index is 13.5. The number of hydrogen-bond donors (Lipinski definition) is 1. The summed E-state index contributed by atoms with van der Waals surface area (Å²) >= 11 is 0. The first kappa shape index (κ1) is 76.7. The van der Waals surface area contributed by atoms with Crippen molar-refractivity contribution in [1.29, 1.82) is 0 Å². The van der Waals surface area contributed by atoms with Gasteiger partial charge in [-0.1, -0.05) is 287 Å². The van der Waals surface area contributed by atoms with Gasteiger partial charge in [-0.3, -0.25) is 14.2 Å². The lowest BCUT2D eigenvalue weighted by Crippen LogP contribution is -2.47. The molecule has 0 saturated heterocycles. The van der Waals surface area contributed by atoms with Crippen molar-refractivity contribution in [2.24, 2.45) is 0 Å². The molecule has 3 atom stereocenters. The topological polar surface area (TPSA) is 114 Å². The number of rotatable bonds is 61. The van der Waals surface area contributed by atoms with Gasteiger partial charge in [0.05, 0.1) is 33.8 Å². The zero-order valence-corrected chi connectivity index (χ0v) is 53.7. The van der Waals surface area contributed by atoms with Gasteiger partial charge in [-0.15, -0.1) is 0 Å². The summed E-state index contributed by atoms with van der Waals surface area (Å²) < 4.78 is 30.4. The van der Waals surface area contributed by atoms with Crippen LogP contribution in [0, 0.1) is 0 Å². The fourth-order valence-corrected chi connectivity index (χ4v) is 10.5. The van der Waals surface area contributed by atoms with Crippen LogP contribution < -0.4 is 10.2 Å². The number of amides is 1. The van der Waals surface area contributed by atoms with Gasteiger partial charge in [0.1, 0.15) is 19.3 Å². The highest BCUT2D eigenvalue weighted by Crippen LogP contribution is 2.38. The van der Waals surface area contributed by atoms with E-state index in [-0.39, 0.29) is 31.5 Å². The second-order valence-electron chi connectivity index (χ2n) is 24.0. The summed E-state index contributed by atoms with van der Waals surface area (Å²) in [5, 5.41) is 3.03. The van der Waals surface area contributed by atoms with E-state index in [1.165, 1.54) is 205 Å². The number of unbranched alkanes of at least 4 members (excludes halogenated alkanes) is 37. The SMILES string of the molecule is CCCCC/C=C\C/C=C\C/C=C\C/C=C\CCCCCCCCCCCCCC(=O)OC(/C=C\CCCCCCCCCCC)C(COP(=O)([O-])OCC[N+](C)(C)C)NC(=O)CCCCCCCCCCCCCCCCC. The zero-order valence-electron chi connectivity index (χ0n) is 52.8. The number of quaternary nitrogens is 1. The normalized spacial score (nSPS) is 14.0. The van der Waals surface area contributed by atoms with Gasteiger partial charge in [-0.05, 0) is 76.7 Å². The summed E-state index contributed by atoms with van der Waals surface area (Å²) in [7, 11) is 1.19. The van der Waals surface area contributed by atoms with E-state index >= 15 is 0 Å². The monoisotopic (exact) mass is 1130 g/mol. The van der Waals surface area contributed by atoms with Crippen LogP contribution in [0.1, 0.15) is 316 Å². The van der Waals surface area contributed by atoms with Gasteiger partial charge in [-0.2, -0.15) is 0 Å². The van der Waals surface area contributed by atoms with Gasteiger partial charge >= 0.3 is 5.97 Å². The molecule has 0 heterocycles. The molecule has 9 nitrogen and oxygen atoms in total. The molecule has 0 aromatic carbocycles. The Kier molecular flexibility index (Phi) is 57.2. The number of likely N-dealkylation sites (N-methyl/N-ethyl adjacent to an activating group) is 1. The van der Waals surface area contributed by atoms with E-state index in [0.717, 1.165) is 77.0 Å². The van der Waals surface area contributed by atoms with Crippen LogP contribution in [0.4, 0.5) is 0 Å². The fourth-order valence-electron chi connectivity index (χ4n) is 9.74. The van der Waals surface area contributed by atoms with Crippen molar-refractivity contribution < 1.29 is 37.3 Å². The van der Waals surface area contributed by atoms with E-state index in [4.69, 9.17) is 13.8 Å². The first-order valence-electron chi connectivity index (χ1n) is 33.6. The lowest BCUT2D eigenvalue weighted by atomic mass is 10.0. The summed E-state index contributed by atoms with van der Waals surface area (Å²) in [5.74, 6) is -0.534. The van der Waals surface area contributed by atoms with Crippen LogP contribution in [0.25, 0.3) is 0 Å². The highest BCUT2D eigenvalue weighted by molar-refractivity contribution is 7.45. The summed E-state index contributed by atoms with van der Waals surface area (Å²) in [6.07, 6.45) is 74.8. The smallest absolute Gasteiger partial charge is 0.306 e. The summed E-state index contributed by atoms with van der Waals surface area (Å²) in [6, 6.07) is -0.888.